The van der Waals surface area contributed by atoms with Crippen LogP contribution in [0.15, 0.2) is 36.7 Å². The van der Waals surface area contributed by atoms with Crippen LogP contribution in [0.4, 0.5) is 11.6 Å². The van der Waals surface area contributed by atoms with Crippen LogP contribution in [0.3, 0.4) is 0 Å². The molecule has 1 aliphatic rings. The van der Waals surface area contributed by atoms with Gasteiger partial charge in [0.25, 0.3) is 0 Å². The summed E-state index contributed by atoms with van der Waals surface area (Å²) in [6, 6.07) is 7.50. The number of aliphatic hydroxyl groups is 1. The summed E-state index contributed by atoms with van der Waals surface area (Å²) in [6.07, 6.45) is 5.28. The van der Waals surface area contributed by atoms with E-state index in [0.717, 1.165) is 45.8 Å². The standard InChI is InChI=1S/C25H25N7O2/c1-25(2,34)14-32-21-10-15(5-9-20(21)30-31-32)4-6-17-12-28-23(26-3)19-13-27-22(11-18(17)19)29-24(33)16-7-8-16/h5,9-13,16,34H,7-8,14H2,1-3H3,(H,26,28)(H,27,29,33). The molecular weight excluding hydrogens is 430 g/mol. The smallest absolute Gasteiger partial charge is 0.228 e. The molecule has 9 nitrogen and oxygen atoms in total. The number of nitrogens with one attached hydrogen (secondary N) is 2. The number of nitrogens with zero attached hydrogens (tertiary/aromatic N) is 5. The van der Waals surface area contributed by atoms with Crippen molar-refractivity contribution in [1.29, 1.82) is 0 Å². The molecule has 1 fully saturated rings. The van der Waals surface area contributed by atoms with Crippen LogP contribution in [0.25, 0.3) is 21.8 Å². The third kappa shape index (κ3) is 4.54. The van der Waals surface area contributed by atoms with Gasteiger partial charge in [-0.05, 0) is 51.0 Å². The van der Waals surface area contributed by atoms with Gasteiger partial charge in [-0.15, -0.1) is 5.10 Å². The zero-order chi connectivity index (χ0) is 23.9. The van der Waals surface area contributed by atoms with E-state index >= 15 is 0 Å². The van der Waals surface area contributed by atoms with Gasteiger partial charge in [-0.1, -0.05) is 17.1 Å². The Kier molecular flexibility index (Phi) is 5.38. The van der Waals surface area contributed by atoms with E-state index < -0.39 is 5.60 Å². The third-order valence-corrected chi connectivity index (χ3v) is 5.60. The summed E-state index contributed by atoms with van der Waals surface area (Å²) in [5, 5.41) is 26.1. The molecule has 1 aromatic carbocycles. The Morgan fingerprint density at radius 3 is 2.74 bits per heavy atom. The number of aromatic nitrogens is 5. The van der Waals surface area contributed by atoms with Gasteiger partial charge in [-0.25, -0.2) is 14.6 Å². The number of carbonyl (C=O) groups is 1. The van der Waals surface area contributed by atoms with Crippen LogP contribution < -0.4 is 10.6 Å². The van der Waals surface area contributed by atoms with Crippen molar-refractivity contribution in [2.45, 2.75) is 38.8 Å². The highest BCUT2D eigenvalue weighted by atomic mass is 16.3. The minimum absolute atomic E-state index is 0.00645. The van der Waals surface area contributed by atoms with Crippen LogP contribution in [0, 0.1) is 17.8 Å². The van der Waals surface area contributed by atoms with E-state index in [2.05, 4.69) is 42.8 Å². The molecule has 0 atom stereocenters. The van der Waals surface area contributed by atoms with E-state index in [1.165, 1.54) is 0 Å². The molecule has 3 heterocycles. The lowest BCUT2D eigenvalue weighted by atomic mass is 10.1. The van der Waals surface area contributed by atoms with Crippen molar-refractivity contribution < 1.29 is 9.90 Å². The average Bonchev–Trinajstić information content (AvgIpc) is 3.59. The van der Waals surface area contributed by atoms with Crippen molar-refractivity contribution >= 4 is 39.3 Å². The van der Waals surface area contributed by atoms with Crippen LogP contribution in [0.1, 0.15) is 37.8 Å². The van der Waals surface area contributed by atoms with Gasteiger partial charge in [0, 0.05) is 41.7 Å². The van der Waals surface area contributed by atoms with Gasteiger partial charge in [0.05, 0.1) is 23.2 Å². The van der Waals surface area contributed by atoms with Gasteiger partial charge in [0.2, 0.25) is 5.91 Å². The number of pyridine rings is 2. The molecule has 0 spiro atoms. The van der Waals surface area contributed by atoms with E-state index in [1.54, 1.807) is 38.0 Å². The fourth-order valence-corrected chi connectivity index (χ4v) is 3.74. The van der Waals surface area contributed by atoms with Crippen molar-refractivity contribution in [2.75, 3.05) is 17.7 Å². The first-order valence-corrected chi connectivity index (χ1v) is 11.2. The second-order valence-electron chi connectivity index (χ2n) is 9.16. The lowest BCUT2D eigenvalue weighted by molar-refractivity contribution is -0.117. The van der Waals surface area contributed by atoms with Gasteiger partial charge in [0.1, 0.15) is 17.2 Å². The van der Waals surface area contributed by atoms with Crippen LogP contribution >= 0.6 is 0 Å². The maximum absolute atomic E-state index is 12.2. The second kappa shape index (κ2) is 8.39. The highest BCUT2D eigenvalue weighted by Crippen LogP contribution is 2.31. The largest absolute Gasteiger partial charge is 0.389 e. The van der Waals surface area contributed by atoms with E-state index in [0.29, 0.717) is 18.2 Å². The fraction of sp³-hybridized carbons (Fsp3) is 0.320. The summed E-state index contributed by atoms with van der Waals surface area (Å²) in [7, 11) is 1.80. The van der Waals surface area contributed by atoms with Crippen molar-refractivity contribution in [3.05, 3.63) is 47.8 Å². The Balaban J connectivity index is 1.52. The van der Waals surface area contributed by atoms with Crippen LogP contribution in [0.2, 0.25) is 0 Å². The lowest BCUT2D eigenvalue weighted by Gasteiger charge is -2.16. The zero-order valence-corrected chi connectivity index (χ0v) is 19.3. The summed E-state index contributed by atoms with van der Waals surface area (Å²) in [4.78, 5) is 21.1. The maximum atomic E-state index is 12.2. The normalized spacial score (nSPS) is 13.5. The quantitative estimate of drug-likeness (QED) is 0.396. The number of hydrogen-bond acceptors (Lipinski definition) is 7. The minimum atomic E-state index is -0.914. The molecule has 5 rings (SSSR count). The Morgan fingerprint density at radius 2 is 2.00 bits per heavy atom. The Labute approximate surface area is 196 Å². The van der Waals surface area contributed by atoms with Crippen molar-refractivity contribution in [1.82, 2.24) is 25.0 Å². The molecule has 0 radical (unpaired) electrons. The number of rotatable bonds is 5. The number of anilines is 2. The summed E-state index contributed by atoms with van der Waals surface area (Å²) in [5.74, 6) is 7.71. The molecule has 4 aromatic rings. The number of amides is 1. The van der Waals surface area contributed by atoms with Gasteiger partial charge in [-0.3, -0.25) is 4.79 Å². The summed E-state index contributed by atoms with van der Waals surface area (Å²) in [6.45, 7) is 3.78. The molecule has 3 N–H and O–H groups in total. The van der Waals surface area contributed by atoms with Crippen LogP contribution in [-0.2, 0) is 11.3 Å². The fourth-order valence-electron chi connectivity index (χ4n) is 3.74. The number of carbonyl (C=O) groups excluding carboxylic acids is 1. The number of hydrogen-bond donors (Lipinski definition) is 3. The predicted molar refractivity (Wildman–Crippen MR) is 130 cm³/mol. The molecule has 0 unspecified atom stereocenters. The summed E-state index contributed by atoms with van der Waals surface area (Å²) < 4.78 is 1.68. The first-order valence-electron chi connectivity index (χ1n) is 11.2. The Hall–Kier alpha value is -4.03. The SMILES string of the molecule is CNc1ncc(C#Cc2ccc3nnn(CC(C)(C)O)c3c2)c2cc(NC(=O)C3CC3)ncc12. The van der Waals surface area contributed by atoms with Crippen molar-refractivity contribution in [3.63, 3.8) is 0 Å². The zero-order valence-electron chi connectivity index (χ0n) is 19.3. The molecule has 3 aromatic heterocycles. The molecular formula is C25H25N7O2. The highest BCUT2D eigenvalue weighted by molar-refractivity contribution is 5.99. The van der Waals surface area contributed by atoms with E-state index in [9.17, 15) is 9.90 Å². The van der Waals surface area contributed by atoms with E-state index in [-0.39, 0.29) is 11.8 Å². The average molecular weight is 456 g/mol. The molecule has 9 heteroatoms. The van der Waals surface area contributed by atoms with Crippen LogP contribution in [0.5, 0.6) is 0 Å². The topological polar surface area (TPSA) is 118 Å². The van der Waals surface area contributed by atoms with Crippen molar-refractivity contribution in [3.8, 4) is 11.8 Å². The molecule has 172 valence electrons. The molecule has 0 aliphatic heterocycles. The van der Waals surface area contributed by atoms with Gasteiger partial charge in [0.15, 0.2) is 0 Å². The molecule has 0 bridgehead atoms. The van der Waals surface area contributed by atoms with Gasteiger partial charge in [-0.2, -0.15) is 0 Å². The monoisotopic (exact) mass is 455 g/mol. The molecule has 1 saturated carbocycles. The highest BCUT2D eigenvalue weighted by Gasteiger charge is 2.29. The lowest BCUT2D eigenvalue weighted by Crippen LogP contribution is -2.26. The molecule has 34 heavy (non-hydrogen) atoms. The van der Waals surface area contributed by atoms with Crippen LogP contribution in [-0.4, -0.2) is 48.6 Å². The Morgan fingerprint density at radius 1 is 1.18 bits per heavy atom. The molecule has 1 aliphatic carbocycles. The predicted octanol–water partition coefficient (Wildman–Crippen LogP) is 2.94. The molecule has 0 saturated heterocycles. The first kappa shape index (κ1) is 21.8. The van der Waals surface area contributed by atoms with Gasteiger partial charge < -0.3 is 15.7 Å². The first-order chi connectivity index (χ1) is 16.3. The second-order valence-corrected chi connectivity index (χ2v) is 9.16. The summed E-state index contributed by atoms with van der Waals surface area (Å²) in [5.41, 5.74) is 2.14. The van der Waals surface area contributed by atoms with E-state index in [1.807, 2.05) is 24.3 Å². The van der Waals surface area contributed by atoms with Gasteiger partial charge >= 0.3 is 0 Å². The molecule has 1 amide bonds. The number of fused-ring (bicyclic) bond motifs is 2. The summed E-state index contributed by atoms with van der Waals surface area (Å²) >= 11 is 0. The Bertz CT molecular complexity index is 1470. The minimum Gasteiger partial charge on any atom is -0.389 e. The van der Waals surface area contributed by atoms with Crippen molar-refractivity contribution in [2.24, 2.45) is 5.92 Å². The van der Waals surface area contributed by atoms with E-state index in [4.69, 9.17) is 0 Å². The maximum Gasteiger partial charge on any atom is 0.228 e. The number of benzene rings is 1. The third-order valence-electron chi connectivity index (χ3n) is 5.60.